The van der Waals surface area contributed by atoms with E-state index in [1.807, 2.05) is 0 Å². The zero-order valence-corrected chi connectivity index (χ0v) is 12.3. The Balaban J connectivity index is 1.76. The average Bonchev–Trinajstić information content (AvgIpc) is 2.88. The van der Waals surface area contributed by atoms with Gasteiger partial charge in [-0.25, -0.2) is 0 Å². The summed E-state index contributed by atoms with van der Waals surface area (Å²) in [6.07, 6.45) is -0.316. The second kappa shape index (κ2) is 5.66. The monoisotopic (exact) mass is 310 g/mol. The predicted octanol–water partition coefficient (Wildman–Crippen LogP) is 4.49. The Morgan fingerprint density at radius 3 is 2.77 bits per heavy atom. The van der Waals surface area contributed by atoms with Crippen molar-refractivity contribution in [3.63, 3.8) is 0 Å². The van der Waals surface area contributed by atoms with Crippen molar-refractivity contribution in [2.45, 2.75) is 45.3 Å². The molecule has 0 aliphatic heterocycles. The highest BCUT2D eigenvalue weighted by Crippen LogP contribution is 2.33. The number of halogens is 3. The summed E-state index contributed by atoms with van der Waals surface area (Å²) in [6.45, 7) is 1.83. The zero-order chi connectivity index (χ0) is 15.7. The van der Waals surface area contributed by atoms with Crippen LogP contribution in [0.3, 0.4) is 0 Å². The van der Waals surface area contributed by atoms with Crippen molar-refractivity contribution in [3.8, 4) is 0 Å². The Morgan fingerprint density at radius 1 is 1.23 bits per heavy atom. The highest BCUT2D eigenvalue weighted by molar-refractivity contribution is 5.49. The van der Waals surface area contributed by atoms with Crippen LogP contribution < -0.4 is 5.32 Å². The third-order valence-electron chi connectivity index (χ3n) is 4.03. The minimum absolute atomic E-state index is 0.219. The Labute approximate surface area is 126 Å². The van der Waals surface area contributed by atoms with Crippen LogP contribution in [-0.4, -0.2) is 5.16 Å². The molecule has 0 atom stereocenters. The molecular formula is C16H17F3N2O. The van der Waals surface area contributed by atoms with Gasteiger partial charge < -0.3 is 9.84 Å². The Kier molecular flexibility index (Phi) is 3.85. The average molecular weight is 310 g/mol. The number of nitrogens with one attached hydrogen (secondary N) is 1. The number of aromatic nitrogens is 1. The first-order chi connectivity index (χ1) is 10.4. The minimum atomic E-state index is -4.34. The lowest BCUT2D eigenvalue weighted by molar-refractivity contribution is -0.138. The molecule has 0 saturated carbocycles. The Hall–Kier alpha value is -1.98. The van der Waals surface area contributed by atoms with Crippen LogP contribution in [-0.2, 0) is 25.6 Å². The summed E-state index contributed by atoms with van der Waals surface area (Å²) in [4.78, 5) is 0. The molecule has 3 nitrogen and oxygen atoms in total. The van der Waals surface area contributed by atoms with Crippen LogP contribution in [0.4, 0.5) is 18.9 Å². The third-order valence-corrected chi connectivity index (χ3v) is 4.03. The molecule has 0 saturated heterocycles. The molecule has 2 aromatic rings. The molecule has 3 rings (SSSR count). The summed E-state index contributed by atoms with van der Waals surface area (Å²) >= 11 is 0. The largest absolute Gasteiger partial charge is 0.416 e. The fourth-order valence-electron chi connectivity index (χ4n) is 2.81. The molecule has 1 heterocycles. The molecule has 1 aromatic heterocycles. The van der Waals surface area contributed by atoms with Crippen LogP contribution in [0.15, 0.2) is 22.7 Å². The van der Waals surface area contributed by atoms with Gasteiger partial charge in [-0.1, -0.05) is 11.2 Å². The normalized spacial score (nSPS) is 14.7. The number of anilines is 1. The maximum Gasteiger partial charge on any atom is 0.416 e. The second-order valence-corrected chi connectivity index (χ2v) is 5.62. The van der Waals surface area contributed by atoms with Crippen LogP contribution >= 0.6 is 0 Å². The van der Waals surface area contributed by atoms with Crippen molar-refractivity contribution >= 4 is 5.69 Å². The number of benzene rings is 1. The van der Waals surface area contributed by atoms with E-state index in [1.165, 1.54) is 13.0 Å². The first kappa shape index (κ1) is 14.9. The van der Waals surface area contributed by atoms with E-state index in [0.717, 1.165) is 48.8 Å². The van der Waals surface area contributed by atoms with Crippen molar-refractivity contribution in [1.29, 1.82) is 0 Å². The van der Waals surface area contributed by atoms with Crippen molar-refractivity contribution < 1.29 is 17.7 Å². The van der Waals surface area contributed by atoms with Crippen molar-refractivity contribution in [1.82, 2.24) is 5.16 Å². The number of hydrogen-bond donors (Lipinski definition) is 1. The summed E-state index contributed by atoms with van der Waals surface area (Å²) in [5.74, 6) is 0.919. The smallest absolute Gasteiger partial charge is 0.379 e. The van der Waals surface area contributed by atoms with Crippen molar-refractivity contribution in [2.75, 3.05) is 5.32 Å². The van der Waals surface area contributed by atoms with E-state index in [-0.39, 0.29) is 5.56 Å². The van der Waals surface area contributed by atoms with Gasteiger partial charge in [-0.2, -0.15) is 13.2 Å². The van der Waals surface area contributed by atoms with Gasteiger partial charge in [0.25, 0.3) is 0 Å². The predicted molar refractivity (Wildman–Crippen MR) is 76.7 cm³/mol. The van der Waals surface area contributed by atoms with Gasteiger partial charge in [0.05, 0.1) is 12.1 Å². The van der Waals surface area contributed by atoms with Gasteiger partial charge in [0.1, 0.15) is 11.5 Å². The maximum absolute atomic E-state index is 12.9. The van der Waals surface area contributed by atoms with Crippen molar-refractivity contribution in [3.05, 3.63) is 46.3 Å². The molecule has 22 heavy (non-hydrogen) atoms. The van der Waals surface area contributed by atoms with Gasteiger partial charge in [-0.15, -0.1) is 0 Å². The highest BCUT2D eigenvalue weighted by Gasteiger charge is 2.32. The Bertz CT molecular complexity index is 677. The van der Waals surface area contributed by atoms with E-state index < -0.39 is 11.7 Å². The summed E-state index contributed by atoms with van der Waals surface area (Å²) in [6, 6.07) is 4.27. The number of rotatable bonds is 3. The first-order valence-electron chi connectivity index (χ1n) is 7.33. The number of alkyl halides is 3. The van der Waals surface area contributed by atoms with Gasteiger partial charge in [0.2, 0.25) is 0 Å². The number of nitrogens with zero attached hydrogens (tertiary/aromatic N) is 1. The van der Waals surface area contributed by atoms with Gasteiger partial charge in [-0.05, 0) is 43.9 Å². The quantitative estimate of drug-likeness (QED) is 0.907. The molecule has 0 amide bonds. The molecule has 0 bridgehead atoms. The summed E-state index contributed by atoms with van der Waals surface area (Å²) in [5.41, 5.74) is 1.95. The van der Waals surface area contributed by atoms with E-state index in [0.29, 0.717) is 12.2 Å². The fourth-order valence-corrected chi connectivity index (χ4v) is 2.81. The molecule has 1 aliphatic carbocycles. The number of aryl methyl sites for hydroxylation is 2. The highest BCUT2D eigenvalue weighted by atomic mass is 19.4. The molecule has 0 unspecified atom stereocenters. The van der Waals surface area contributed by atoms with Gasteiger partial charge in [0, 0.05) is 17.7 Å². The van der Waals surface area contributed by atoms with E-state index in [4.69, 9.17) is 4.52 Å². The number of fused-ring (bicyclic) bond motifs is 1. The zero-order valence-electron chi connectivity index (χ0n) is 12.3. The molecule has 118 valence electrons. The SMILES string of the molecule is Cc1ccc(NCc2noc3c2CCCC3)cc1C(F)(F)F. The summed E-state index contributed by atoms with van der Waals surface area (Å²) in [5, 5.41) is 7.06. The van der Waals surface area contributed by atoms with Crippen LogP contribution in [0.5, 0.6) is 0 Å². The lowest BCUT2D eigenvalue weighted by Gasteiger charge is -2.13. The molecule has 1 N–H and O–H groups in total. The topological polar surface area (TPSA) is 38.1 Å². The van der Waals surface area contributed by atoms with Crippen LogP contribution in [0.2, 0.25) is 0 Å². The van der Waals surface area contributed by atoms with E-state index >= 15 is 0 Å². The standard InChI is InChI=1S/C16H17F3N2O/c1-10-6-7-11(8-13(10)16(17,18)19)20-9-14-12-4-2-3-5-15(12)22-21-14/h6-8,20H,2-5,9H2,1H3. The van der Waals surface area contributed by atoms with Crippen LogP contribution in [0, 0.1) is 6.92 Å². The first-order valence-corrected chi connectivity index (χ1v) is 7.33. The van der Waals surface area contributed by atoms with Crippen LogP contribution in [0.1, 0.15) is 41.0 Å². The lowest BCUT2D eigenvalue weighted by Crippen LogP contribution is -2.10. The molecule has 1 aliphatic rings. The molecule has 1 aromatic carbocycles. The summed E-state index contributed by atoms with van der Waals surface area (Å²) in [7, 11) is 0. The number of hydrogen-bond acceptors (Lipinski definition) is 3. The second-order valence-electron chi connectivity index (χ2n) is 5.62. The molecule has 0 radical (unpaired) electrons. The van der Waals surface area contributed by atoms with Gasteiger partial charge >= 0.3 is 6.18 Å². The van der Waals surface area contributed by atoms with E-state index in [1.54, 1.807) is 6.07 Å². The molecule has 0 spiro atoms. The van der Waals surface area contributed by atoms with E-state index in [9.17, 15) is 13.2 Å². The van der Waals surface area contributed by atoms with E-state index in [2.05, 4.69) is 10.5 Å². The molecule has 0 fully saturated rings. The molecule has 6 heteroatoms. The maximum atomic E-state index is 12.9. The lowest BCUT2D eigenvalue weighted by atomic mass is 9.96. The summed E-state index contributed by atoms with van der Waals surface area (Å²) < 4.78 is 44.0. The van der Waals surface area contributed by atoms with Crippen molar-refractivity contribution in [2.24, 2.45) is 0 Å². The minimum Gasteiger partial charge on any atom is -0.379 e. The van der Waals surface area contributed by atoms with Crippen LogP contribution in [0.25, 0.3) is 0 Å². The third kappa shape index (κ3) is 2.96. The Morgan fingerprint density at radius 2 is 2.00 bits per heavy atom. The fraction of sp³-hybridized carbons (Fsp3) is 0.438. The van der Waals surface area contributed by atoms with Gasteiger partial charge in [0.15, 0.2) is 0 Å². The molecular weight excluding hydrogens is 293 g/mol. The van der Waals surface area contributed by atoms with Gasteiger partial charge in [-0.3, -0.25) is 0 Å².